The molecule has 0 fully saturated rings. The van der Waals surface area contributed by atoms with Crippen LogP contribution in [0.3, 0.4) is 0 Å². The minimum absolute atomic E-state index is 0.590. The number of aliphatic hydroxyl groups is 1. The third-order valence-electron chi connectivity index (χ3n) is 2.54. The molecule has 5 N–H and O–H groups in total. The molecule has 2 aromatic rings. The zero-order valence-electron chi connectivity index (χ0n) is 8.80. The number of aliphatic hydroxyl groups excluding tert-OH is 1. The Kier molecular flexibility index (Phi) is 2.79. The summed E-state index contributed by atoms with van der Waals surface area (Å²) >= 11 is 0. The monoisotopic (exact) mass is 214 g/mol. The van der Waals surface area contributed by atoms with Gasteiger partial charge in [-0.2, -0.15) is 0 Å². The maximum atomic E-state index is 10.1. The van der Waals surface area contributed by atoms with Gasteiger partial charge < -0.3 is 16.6 Å². The van der Waals surface area contributed by atoms with Crippen LogP contribution in [-0.4, -0.2) is 5.11 Å². The van der Waals surface area contributed by atoms with Crippen LogP contribution < -0.4 is 11.5 Å². The summed E-state index contributed by atoms with van der Waals surface area (Å²) in [6, 6.07) is 14.4. The molecule has 0 radical (unpaired) electrons. The zero-order chi connectivity index (χ0) is 11.5. The molecule has 3 nitrogen and oxygen atoms in total. The van der Waals surface area contributed by atoms with E-state index in [1.807, 2.05) is 18.2 Å². The van der Waals surface area contributed by atoms with Gasteiger partial charge in [-0.15, -0.1) is 0 Å². The molecule has 0 bridgehead atoms. The first-order chi connectivity index (χ1) is 7.68. The van der Waals surface area contributed by atoms with Crippen molar-refractivity contribution in [2.24, 2.45) is 0 Å². The highest BCUT2D eigenvalue weighted by Gasteiger charge is 2.12. The molecule has 0 saturated heterocycles. The van der Waals surface area contributed by atoms with Gasteiger partial charge in [0.05, 0.1) is 0 Å². The third kappa shape index (κ3) is 1.99. The number of nitrogens with two attached hydrogens (primary N) is 2. The van der Waals surface area contributed by atoms with E-state index in [2.05, 4.69) is 0 Å². The average Bonchev–Trinajstić information content (AvgIpc) is 2.30. The maximum Gasteiger partial charge on any atom is 0.106 e. The summed E-state index contributed by atoms with van der Waals surface area (Å²) in [4.78, 5) is 0. The quantitative estimate of drug-likeness (QED) is 0.669. The molecule has 82 valence electrons. The first-order valence-corrected chi connectivity index (χ1v) is 5.06. The van der Waals surface area contributed by atoms with E-state index in [1.54, 1.807) is 30.3 Å². The second kappa shape index (κ2) is 4.24. The SMILES string of the molecule is Nc1ccc(C(O)c2ccccc2N)cc1. The highest BCUT2D eigenvalue weighted by molar-refractivity contribution is 5.51. The second-order valence-electron chi connectivity index (χ2n) is 3.70. The van der Waals surface area contributed by atoms with Crippen molar-refractivity contribution in [2.75, 3.05) is 11.5 Å². The third-order valence-corrected chi connectivity index (χ3v) is 2.54. The van der Waals surface area contributed by atoms with E-state index >= 15 is 0 Å². The number of hydrogen-bond acceptors (Lipinski definition) is 3. The number of benzene rings is 2. The molecule has 0 aliphatic rings. The van der Waals surface area contributed by atoms with Gasteiger partial charge in [-0.1, -0.05) is 30.3 Å². The van der Waals surface area contributed by atoms with Crippen molar-refractivity contribution in [3.8, 4) is 0 Å². The number of anilines is 2. The van der Waals surface area contributed by atoms with Crippen LogP contribution in [0.5, 0.6) is 0 Å². The molecule has 0 heterocycles. The maximum absolute atomic E-state index is 10.1. The highest BCUT2D eigenvalue weighted by Crippen LogP contribution is 2.26. The fraction of sp³-hybridized carbons (Fsp3) is 0.0769. The number of hydrogen-bond donors (Lipinski definition) is 3. The van der Waals surface area contributed by atoms with E-state index in [1.165, 1.54) is 0 Å². The molecule has 0 spiro atoms. The molecular formula is C13H14N2O. The standard InChI is InChI=1S/C13H14N2O/c14-10-7-5-9(6-8-10)13(16)11-3-1-2-4-12(11)15/h1-8,13,16H,14-15H2. The molecule has 1 unspecified atom stereocenters. The van der Waals surface area contributed by atoms with Gasteiger partial charge in [0.1, 0.15) is 6.10 Å². The number of rotatable bonds is 2. The van der Waals surface area contributed by atoms with E-state index < -0.39 is 6.10 Å². The summed E-state index contributed by atoms with van der Waals surface area (Å²) in [6.07, 6.45) is -0.707. The van der Waals surface area contributed by atoms with Gasteiger partial charge in [0.25, 0.3) is 0 Å². The molecule has 0 aliphatic heterocycles. The fourth-order valence-corrected chi connectivity index (χ4v) is 1.62. The summed E-state index contributed by atoms with van der Waals surface area (Å²) in [5.74, 6) is 0. The van der Waals surface area contributed by atoms with Crippen molar-refractivity contribution in [1.82, 2.24) is 0 Å². The fourth-order valence-electron chi connectivity index (χ4n) is 1.62. The van der Waals surface area contributed by atoms with Crippen LogP contribution >= 0.6 is 0 Å². The molecule has 1 atom stereocenters. The van der Waals surface area contributed by atoms with Crippen molar-refractivity contribution in [3.05, 3.63) is 59.7 Å². The lowest BCUT2D eigenvalue weighted by Crippen LogP contribution is -2.03. The normalized spacial score (nSPS) is 12.3. The first-order valence-electron chi connectivity index (χ1n) is 5.06. The number of nitrogen functional groups attached to an aromatic ring is 2. The number of para-hydroxylation sites is 1. The Morgan fingerprint density at radius 1 is 0.875 bits per heavy atom. The van der Waals surface area contributed by atoms with Gasteiger partial charge in [0.2, 0.25) is 0 Å². The van der Waals surface area contributed by atoms with Crippen LogP contribution in [0.25, 0.3) is 0 Å². The van der Waals surface area contributed by atoms with Crippen LogP contribution in [0.4, 0.5) is 11.4 Å². The summed E-state index contributed by atoms with van der Waals surface area (Å²) in [5, 5.41) is 10.1. The molecule has 16 heavy (non-hydrogen) atoms. The van der Waals surface area contributed by atoms with Crippen LogP contribution in [0.2, 0.25) is 0 Å². The lowest BCUT2D eigenvalue weighted by atomic mass is 10.00. The summed E-state index contributed by atoms with van der Waals surface area (Å²) < 4.78 is 0. The molecule has 0 saturated carbocycles. The Hall–Kier alpha value is -2.00. The van der Waals surface area contributed by atoms with E-state index in [9.17, 15) is 5.11 Å². The minimum atomic E-state index is -0.707. The van der Waals surface area contributed by atoms with Crippen molar-refractivity contribution in [3.63, 3.8) is 0 Å². The summed E-state index contributed by atoms with van der Waals surface area (Å²) in [7, 11) is 0. The Balaban J connectivity index is 2.35. The molecule has 2 aromatic carbocycles. The van der Waals surface area contributed by atoms with Gasteiger partial charge in [-0.25, -0.2) is 0 Å². The molecule has 2 rings (SSSR count). The Morgan fingerprint density at radius 2 is 1.50 bits per heavy atom. The summed E-state index contributed by atoms with van der Waals surface area (Å²) in [5.41, 5.74) is 14.2. The zero-order valence-corrected chi connectivity index (χ0v) is 8.80. The highest BCUT2D eigenvalue weighted by atomic mass is 16.3. The van der Waals surface area contributed by atoms with Crippen molar-refractivity contribution < 1.29 is 5.11 Å². The van der Waals surface area contributed by atoms with Crippen LogP contribution in [0.1, 0.15) is 17.2 Å². The lowest BCUT2D eigenvalue weighted by Gasteiger charge is -2.13. The first kappa shape index (κ1) is 10.5. The van der Waals surface area contributed by atoms with E-state index in [-0.39, 0.29) is 0 Å². The van der Waals surface area contributed by atoms with E-state index in [0.29, 0.717) is 16.9 Å². The summed E-state index contributed by atoms with van der Waals surface area (Å²) in [6.45, 7) is 0. The largest absolute Gasteiger partial charge is 0.399 e. The minimum Gasteiger partial charge on any atom is -0.399 e. The second-order valence-corrected chi connectivity index (χ2v) is 3.70. The topological polar surface area (TPSA) is 72.3 Å². The predicted molar refractivity (Wildman–Crippen MR) is 65.8 cm³/mol. The van der Waals surface area contributed by atoms with Gasteiger partial charge in [0, 0.05) is 16.9 Å². The van der Waals surface area contributed by atoms with E-state index in [0.717, 1.165) is 5.56 Å². The molecule has 0 aromatic heterocycles. The smallest absolute Gasteiger partial charge is 0.106 e. The van der Waals surface area contributed by atoms with Crippen LogP contribution in [0, 0.1) is 0 Å². The van der Waals surface area contributed by atoms with Crippen LogP contribution in [0.15, 0.2) is 48.5 Å². The van der Waals surface area contributed by atoms with Crippen molar-refractivity contribution >= 4 is 11.4 Å². The molecule has 3 heteroatoms. The van der Waals surface area contributed by atoms with Gasteiger partial charge in [-0.05, 0) is 23.8 Å². The molecular weight excluding hydrogens is 200 g/mol. The Labute approximate surface area is 94.3 Å². The Morgan fingerprint density at radius 3 is 2.12 bits per heavy atom. The van der Waals surface area contributed by atoms with Gasteiger partial charge in [-0.3, -0.25) is 0 Å². The van der Waals surface area contributed by atoms with Gasteiger partial charge >= 0.3 is 0 Å². The lowest BCUT2D eigenvalue weighted by molar-refractivity contribution is 0.221. The molecule has 0 aliphatic carbocycles. The average molecular weight is 214 g/mol. The predicted octanol–water partition coefficient (Wildman–Crippen LogP) is 1.93. The Bertz CT molecular complexity index is 480. The van der Waals surface area contributed by atoms with E-state index in [4.69, 9.17) is 11.5 Å². The van der Waals surface area contributed by atoms with Crippen molar-refractivity contribution in [1.29, 1.82) is 0 Å². The molecule has 0 amide bonds. The van der Waals surface area contributed by atoms with Crippen molar-refractivity contribution in [2.45, 2.75) is 6.10 Å². The van der Waals surface area contributed by atoms with Crippen LogP contribution in [-0.2, 0) is 0 Å². The van der Waals surface area contributed by atoms with Gasteiger partial charge in [0.15, 0.2) is 0 Å².